The zero-order valence-corrected chi connectivity index (χ0v) is 16.7. The summed E-state index contributed by atoms with van der Waals surface area (Å²) in [4.78, 5) is 8.50. The van der Waals surface area contributed by atoms with Gasteiger partial charge in [-0.15, -0.1) is 0 Å². The maximum Gasteiger partial charge on any atom is 0.296 e. The minimum Gasteiger partial charge on any atom is -0.434 e. The average molecular weight is 351 g/mol. The summed E-state index contributed by atoms with van der Waals surface area (Å²) >= 11 is 0. The van der Waals surface area contributed by atoms with Crippen LogP contribution in [0, 0.1) is 0 Å². The van der Waals surface area contributed by atoms with Crippen LogP contribution in [0.5, 0.6) is 0 Å². The number of allylic oxidation sites excluding steroid dienone is 1. The van der Waals surface area contributed by atoms with Crippen LogP contribution in [0.25, 0.3) is 16.8 Å². The Morgan fingerprint density at radius 1 is 1.08 bits per heavy atom. The molecule has 2 aromatic carbocycles. The quantitative estimate of drug-likeness (QED) is 0.425. The predicted octanol–water partition coefficient (Wildman–Crippen LogP) is 5.12. The lowest BCUT2D eigenvalue weighted by Gasteiger charge is -2.20. The third kappa shape index (κ3) is 4.66. The highest BCUT2D eigenvalue weighted by Gasteiger charge is 2.09. The van der Waals surface area contributed by atoms with Crippen LogP contribution in [-0.4, -0.2) is 38.1 Å². The van der Waals surface area contributed by atoms with Gasteiger partial charge in [0, 0.05) is 44.0 Å². The van der Waals surface area contributed by atoms with E-state index >= 15 is 0 Å². The lowest BCUT2D eigenvalue weighted by Crippen LogP contribution is -2.26. The Hall–Kier alpha value is -2.75. The summed E-state index contributed by atoms with van der Waals surface area (Å²) in [6.07, 6.45) is 3.67. The van der Waals surface area contributed by atoms with Crippen LogP contribution in [-0.2, 0) is 4.74 Å². The summed E-state index contributed by atoms with van der Waals surface area (Å²) in [5, 5.41) is 2.41. The third-order valence-corrected chi connectivity index (χ3v) is 4.07. The SMILES string of the molecule is C=C(C)N(C)/C(=N\C(C)C)O/C=C/c1ccc(N(C)C)c2ccccc12. The number of amidine groups is 1. The average Bonchev–Trinajstić information content (AvgIpc) is 2.59. The number of hydrogen-bond donors (Lipinski definition) is 0. The first-order valence-electron chi connectivity index (χ1n) is 8.80. The highest BCUT2D eigenvalue weighted by Crippen LogP contribution is 2.29. The third-order valence-electron chi connectivity index (χ3n) is 4.07. The molecule has 0 unspecified atom stereocenters. The molecule has 0 amide bonds. The molecule has 0 atom stereocenters. The first-order valence-corrected chi connectivity index (χ1v) is 8.80. The maximum absolute atomic E-state index is 5.83. The van der Waals surface area contributed by atoms with Gasteiger partial charge in [0.2, 0.25) is 0 Å². The van der Waals surface area contributed by atoms with Crippen LogP contribution in [0.3, 0.4) is 0 Å². The summed E-state index contributed by atoms with van der Waals surface area (Å²) in [5.41, 5.74) is 3.18. The van der Waals surface area contributed by atoms with Crippen molar-refractivity contribution in [3.63, 3.8) is 0 Å². The molecule has 0 bridgehead atoms. The van der Waals surface area contributed by atoms with Gasteiger partial charge in [-0.2, -0.15) is 0 Å². The predicted molar refractivity (Wildman–Crippen MR) is 114 cm³/mol. The van der Waals surface area contributed by atoms with Gasteiger partial charge in [0.05, 0.1) is 6.26 Å². The second-order valence-corrected chi connectivity index (χ2v) is 6.83. The van der Waals surface area contributed by atoms with Crippen LogP contribution in [0.1, 0.15) is 26.3 Å². The van der Waals surface area contributed by atoms with E-state index in [9.17, 15) is 0 Å². The largest absolute Gasteiger partial charge is 0.434 e. The Morgan fingerprint density at radius 3 is 2.31 bits per heavy atom. The van der Waals surface area contributed by atoms with Crippen LogP contribution in [0.4, 0.5) is 5.69 Å². The Kier molecular flexibility index (Phi) is 6.45. The molecular formula is C22H29N3O. The van der Waals surface area contributed by atoms with Gasteiger partial charge >= 0.3 is 0 Å². The zero-order chi connectivity index (χ0) is 19.3. The summed E-state index contributed by atoms with van der Waals surface area (Å²) in [6, 6.07) is 13.3. The van der Waals surface area contributed by atoms with Crippen LogP contribution in [0.15, 0.2) is 59.9 Å². The zero-order valence-electron chi connectivity index (χ0n) is 16.7. The van der Waals surface area contributed by atoms with E-state index < -0.39 is 0 Å². The van der Waals surface area contributed by atoms with Crippen molar-refractivity contribution in [2.75, 3.05) is 26.0 Å². The Labute approximate surface area is 157 Å². The topological polar surface area (TPSA) is 28.1 Å². The molecule has 0 heterocycles. The van der Waals surface area contributed by atoms with Gasteiger partial charge in [-0.3, -0.25) is 0 Å². The summed E-state index contributed by atoms with van der Waals surface area (Å²) in [7, 11) is 6.02. The van der Waals surface area contributed by atoms with Crippen molar-refractivity contribution in [3.05, 3.63) is 60.5 Å². The second-order valence-electron chi connectivity index (χ2n) is 6.83. The van der Waals surface area contributed by atoms with Gasteiger partial charge in [0.1, 0.15) is 0 Å². The Balaban J connectivity index is 2.33. The lowest BCUT2D eigenvalue weighted by atomic mass is 10.0. The summed E-state index contributed by atoms with van der Waals surface area (Å²) in [6.45, 7) is 9.92. The number of rotatable bonds is 5. The number of benzene rings is 2. The van der Waals surface area contributed by atoms with E-state index in [0.717, 1.165) is 11.3 Å². The van der Waals surface area contributed by atoms with Gasteiger partial charge in [0.15, 0.2) is 0 Å². The van der Waals surface area contributed by atoms with Gasteiger partial charge in [-0.1, -0.05) is 36.9 Å². The molecule has 0 N–H and O–H groups in total. The summed E-state index contributed by atoms with van der Waals surface area (Å²) in [5.74, 6) is 0. The van der Waals surface area contributed by atoms with Gasteiger partial charge < -0.3 is 14.5 Å². The molecule has 2 rings (SSSR count). The lowest BCUT2D eigenvalue weighted by molar-refractivity contribution is 0.380. The highest BCUT2D eigenvalue weighted by atomic mass is 16.5. The standard InChI is InChI=1S/C22H29N3O/c1-16(2)23-22(25(7)17(3)4)26-15-14-18-12-13-21(24(5)6)20-11-9-8-10-19(18)20/h8-16H,3H2,1-2,4-7H3/b15-14+,23-22+. The Bertz CT molecular complexity index is 834. The molecule has 0 fully saturated rings. The minimum atomic E-state index is 0.139. The van der Waals surface area contributed by atoms with Crippen molar-refractivity contribution in [1.82, 2.24) is 4.90 Å². The highest BCUT2D eigenvalue weighted by molar-refractivity contribution is 5.99. The van der Waals surface area contributed by atoms with Gasteiger partial charge in [-0.25, -0.2) is 4.99 Å². The number of hydrogen-bond acceptors (Lipinski definition) is 3. The fourth-order valence-electron chi connectivity index (χ4n) is 2.59. The van der Waals surface area contributed by atoms with E-state index in [1.165, 1.54) is 16.5 Å². The van der Waals surface area contributed by atoms with Crippen molar-refractivity contribution >= 4 is 28.6 Å². The van der Waals surface area contributed by atoms with E-state index in [0.29, 0.717) is 6.02 Å². The molecule has 0 saturated carbocycles. The van der Waals surface area contributed by atoms with Crippen molar-refractivity contribution < 1.29 is 4.74 Å². The molecule has 0 aliphatic rings. The van der Waals surface area contributed by atoms with E-state index in [2.05, 4.69) is 67.0 Å². The second kappa shape index (κ2) is 8.56. The minimum absolute atomic E-state index is 0.139. The van der Waals surface area contributed by atoms with E-state index in [4.69, 9.17) is 4.74 Å². The van der Waals surface area contributed by atoms with E-state index in [1.54, 1.807) is 6.26 Å². The molecular weight excluding hydrogens is 322 g/mol. The van der Waals surface area contributed by atoms with Crippen molar-refractivity contribution in [2.24, 2.45) is 4.99 Å². The summed E-state index contributed by atoms with van der Waals surface area (Å²) < 4.78 is 5.83. The normalized spacial score (nSPS) is 12.0. The van der Waals surface area contributed by atoms with Crippen LogP contribution >= 0.6 is 0 Å². The fourth-order valence-corrected chi connectivity index (χ4v) is 2.59. The molecule has 4 nitrogen and oxygen atoms in total. The molecule has 0 saturated heterocycles. The maximum atomic E-state index is 5.83. The number of fused-ring (bicyclic) bond motifs is 1. The molecule has 0 aliphatic heterocycles. The smallest absolute Gasteiger partial charge is 0.296 e. The Morgan fingerprint density at radius 2 is 1.73 bits per heavy atom. The molecule has 0 radical (unpaired) electrons. The molecule has 0 aromatic heterocycles. The monoisotopic (exact) mass is 351 g/mol. The molecule has 138 valence electrons. The van der Waals surface area contributed by atoms with Crippen LogP contribution < -0.4 is 4.90 Å². The van der Waals surface area contributed by atoms with Gasteiger partial charge in [0.25, 0.3) is 6.02 Å². The molecule has 0 spiro atoms. The number of anilines is 1. The van der Waals surface area contributed by atoms with Crippen LogP contribution in [0.2, 0.25) is 0 Å². The van der Waals surface area contributed by atoms with Gasteiger partial charge in [-0.05, 0) is 43.9 Å². The first kappa shape index (κ1) is 19.6. The van der Waals surface area contributed by atoms with E-state index in [1.807, 2.05) is 38.8 Å². The van der Waals surface area contributed by atoms with Crippen molar-refractivity contribution in [2.45, 2.75) is 26.8 Å². The molecule has 26 heavy (non-hydrogen) atoms. The number of nitrogens with zero attached hydrogens (tertiary/aromatic N) is 3. The fraction of sp³-hybridized carbons (Fsp3) is 0.318. The first-order chi connectivity index (χ1) is 12.3. The number of ether oxygens (including phenoxy) is 1. The molecule has 0 aliphatic carbocycles. The molecule has 2 aromatic rings. The number of aliphatic imine (C=N–C) groups is 1. The van der Waals surface area contributed by atoms with Crippen molar-refractivity contribution in [1.29, 1.82) is 0 Å². The van der Waals surface area contributed by atoms with E-state index in [-0.39, 0.29) is 6.04 Å². The van der Waals surface area contributed by atoms with Crippen molar-refractivity contribution in [3.8, 4) is 0 Å². The molecule has 4 heteroatoms.